The highest BCUT2D eigenvalue weighted by atomic mass is 79.9. The standard InChI is InChI=1S/C34H25BrN2O4/c1-41-24-9-6-8-22(19-24)32(39)30-29(31(38)21-13-16-23(35)17-14-21)34(25-10-3-4-11-26(25)36-33(34)40)28-18-15-20-7-2-5-12-27(20)37(28)30/h2-19,28-30H,1H3,(H,36,40)/t28-,29+,30-,34+/m0/s1. The van der Waals surface area contributed by atoms with Gasteiger partial charge in [0.25, 0.3) is 0 Å². The summed E-state index contributed by atoms with van der Waals surface area (Å²) in [4.78, 5) is 45.9. The van der Waals surface area contributed by atoms with E-state index >= 15 is 0 Å². The molecular weight excluding hydrogens is 580 g/mol. The molecule has 7 rings (SSSR count). The lowest BCUT2D eigenvalue weighted by atomic mass is 9.64. The quantitative estimate of drug-likeness (QED) is 0.270. The number of nitrogens with one attached hydrogen (secondary N) is 1. The number of rotatable bonds is 5. The number of halogens is 1. The van der Waals surface area contributed by atoms with Crippen LogP contribution in [0.15, 0.2) is 108 Å². The fraction of sp³-hybridized carbons (Fsp3) is 0.147. The largest absolute Gasteiger partial charge is 0.497 e. The Morgan fingerprint density at radius 3 is 2.44 bits per heavy atom. The lowest BCUT2D eigenvalue weighted by molar-refractivity contribution is -0.121. The summed E-state index contributed by atoms with van der Waals surface area (Å²) in [7, 11) is 1.55. The van der Waals surface area contributed by atoms with Gasteiger partial charge in [0.1, 0.15) is 17.2 Å². The molecule has 4 aromatic rings. The molecule has 0 aromatic heterocycles. The maximum absolute atomic E-state index is 14.8. The molecule has 0 radical (unpaired) electrons. The van der Waals surface area contributed by atoms with Gasteiger partial charge in [-0.2, -0.15) is 0 Å². The number of benzene rings is 4. The van der Waals surface area contributed by atoms with Crippen LogP contribution in [0, 0.1) is 5.92 Å². The molecule has 3 aliphatic heterocycles. The average Bonchev–Trinajstić information content (AvgIpc) is 3.49. The Labute approximate surface area is 245 Å². The first-order chi connectivity index (χ1) is 19.9. The summed E-state index contributed by atoms with van der Waals surface area (Å²) in [6.07, 6.45) is 3.97. The Morgan fingerprint density at radius 1 is 0.878 bits per heavy atom. The molecule has 0 unspecified atom stereocenters. The molecule has 7 heteroatoms. The number of hydrogen-bond donors (Lipinski definition) is 1. The van der Waals surface area contributed by atoms with Crippen LogP contribution in [0.5, 0.6) is 5.75 Å². The molecule has 0 aliphatic carbocycles. The average molecular weight is 605 g/mol. The van der Waals surface area contributed by atoms with Crippen LogP contribution in [0.4, 0.5) is 11.4 Å². The van der Waals surface area contributed by atoms with E-state index in [0.717, 1.165) is 21.3 Å². The molecule has 202 valence electrons. The smallest absolute Gasteiger partial charge is 0.238 e. The second kappa shape index (κ2) is 9.56. The van der Waals surface area contributed by atoms with Gasteiger partial charge in [-0.05, 0) is 47.5 Å². The van der Waals surface area contributed by atoms with Crippen molar-refractivity contribution in [2.45, 2.75) is 17.5 Å². The molecule has 6 nitrogen and oxygen atoms in total. The third kappa shape index (κ3) is 3.65. The van der Waals surface area contributed by atoms with Gasteiger partial charge in [0.15, 0.2) is 11.6 Å². The molecule has 4 aromatic carbocycles. The molecule has 41 heavy (non-hydrogen) atoms. The van der Waals surface area contributed by atoms with E-state index in [2.05, 4.69) is 21.2 Å². The summed E-state index contributed by atoms with van der Waals surface area (Å²) < 4.78 is 6.26. The summed E-state index contributed by atoms with van der Waals surface area (Å²) in [5, 5.41) is 3.06. The van der Waals surface area contributed by atoms with E-state index in [1.165, 1.54) is 0 Å². The highest BCUT2D eigenvalue weighted by molar-refractivity contribution is 9.10. The van der Waals surface area contributed by atoms with Crippen molar-refractivity contribution in [2.24, 2.45) is 5.92 Å². The first-order valence-electron chi connectivity index (χ1n) is 13.4. The number of nitrogens with zero attached hydrogens (tertiary/aromatic N) is 1. The predicted molar refractivity (Wildman–Crippen MR) is 162 cm³/mol. The van der Waals surface area contributed by atoms with E-state index in [1.54, 1.807) is 55.6 Å². The van der Waals surface area contributed by atoms with E-state index in [4.69, 9.17) is 4.74 Å². The number of carbonyl (C=O) groups is 3. The molecule has 0 saturated carbocycles. The van der Waals surface area contributed by atoms with Gasteiger partial charge in [0, 0.05) is 27.0 Å². The summed E-state index contributed by atoms with van der Waals surface area (Å²) >= 11 is 3.46. The number of anilines is 2. The number of amides is 1. The van der Waals surface area contributed by atoms with Crippen molar-refractivity contribution >= 4 is 50.9 Å². The van der Waals surface area contributed by atoms with E-state index in [1.807, 2.05) is 65.6 Å². The van der Waals surface area contributed by atoms with Crippen molar-refractivity contribution in [1.82, 2.24) is 0 Å². The normalized spacial score (nSPS) is 23.5. The summed E-state index contributed by atoms with van der Waals surface area (Å²) in [6, 6.07) is 27.8. The van der Waals surface area contributed by atoms with Crippen LogP contribution < -0.4 is 15.0 Å². The van der Waals surface area contributed by atoms with E-state index < -0.39 is 23.4 Å². The summed E-state index contributed by atoms with van der Waals surface area (Å²) in [5.74, 6) is -1.27. The molecule has 1 amide bonds. The minimum absolute atomic E-state index is 0.247. The highest BCUT2D eigenvalue weighted by Crippen LogP contribution is 2.58. The molecule has 3 aliphatic rings. The van der Waals surface area contributed by atoms with Crippen LogP contribution in [0.2, 0.25) is 0 Å². The molecular formula is C34H25BrN2O4. The van der Waals surface area contributed by atoms with Crippen molar-refractivity contribution in [1.29, 1.82) is 0 Å². The molecule has 1 saturated heterocycles. The second-order valence-electron chi connectivity index (χ2n) is 10.5. The Bertz CT molecular complexity index is 1760. The van der Waals surface area contributed by atoms with Crippen LogP contribution in [0.25, 0.3) is 6.08 Å². The van der Waals surface area contributed by atoms with Gasteiger partial charge < -0.3 is 15.0 Å². The van der Waals surface area contributed by atoms with Crippen LogP contribution in [0.1, 0.15) is 31.8 Å². The predicted octanol–water partition coefficient (Wildman–Crippen LogP) is 6.31. The number of para-hydroxylation sites is 2. The number of hydrogen-bond acceptors (Lipinski definition) is 5. The Balaban J connectivity index is 1.53. The van der Waals surface area contributed by atoms with Crippen LogP contribution in [-0.4, -0.2) is 36.7 Å². The van der Waals surface area contributed by atoms with Crippen molar-refractivity contribution < 1.29 is 19.1 Å². The first kappa shape index (κ1) is 25.5. The molecule has 1 spiro atoms. The third-order valence-electron chi connectivity index (χ3n) is 8.58. The van der Waals surface area contributed by atoms with E-state index in [-0.39, 0.29) is 17.5 Å². The second-order valence-corrected chi connectivity index (χ2v) is 11.4. The number of fused-ring (bicyclic) bond motifs is 6. The zero-order valence-corrected chi connectivity index (χ0v) is 23.7. The van der Waals surface area contributed by atoms with Gasteiger partial charge in [-0.1, -0.05) is 88.7 Å². The van der Waals surface area contributed by atoms with Gasteiger partial charge in [-0.3, -0.25) is 14.4 Å². The SMILES string of the molecule is COc1cccc(C(=O)[C@@H]2[C@H](C(=O)c3ccc(Br)cc3)[C@]3(C(=O)Nc4ccccc43)[C@@H]3C=Cc4ccccc4N23)c1. The minimum atomic E-state index is -1.34. The number of Topliss-reactive ketones (excluding diaryl/α,β-unsaturated/α-hetero) is 2. The van der Waals surface area contributed by atoms with Gasteiger partial charge in [-0.15, -0.1) is 0 Å². The van der Waals surface area contributed by atoms with Crippen LogP contribution in [0.3, 0.4) is 0 Å². The summed E-state index contributed by atoms with van der Waals surface area (Å²) in [6.45, 7) is 0. The Kier molecular flexibility index (Phi) is 5.94. The Morgan fingerprint density at radius 2 is 1.63 bits per heavy atom. The number of ketones is 2. The minimum Gasteiger partial charge on any atom is -0.497 e. The topological polar surface area (TPSA) is 75.7 Å². The maximum atomic E-state index is 14.8. The zero-order chi connectivity index (χ0) is 28.3. The van der Waals surface area contributed by atoms with Gasteiger partial charge in [0.05, 0.1) is 19.1 Å². The molecule has 0 bridgehead atoms. The third-order valence-corrected chi connectivity index (χ3v) is 9.10. The van der Waals surface area contributed by atoms with Crippen molar-refractivity contribution in [2.75, 3.05) is 17.3 Å². The first-order valence-corrected chi connectivity index (χ1v) is 14.2. The summed E-state index contributed by atoms with van der Waals surface area (Å²) in [5.41, 5.74) is 2.62. The van der Waals surface area contributed by atoms with Crippen molar-refractivity contribution in [3.05, 3.63) is 130 Å². The van der Waals surface area contributed by atoms with Gasteiger partial charge >= 0.3 is 0 Å². The number of methoxy groups -OCH3 is 1. The fourth-order valence-corrected chi connectivity index (χ4v) is 7.12. The van der Waals surface area contributed by atoms with E-state index in [0.29, 0.717) is 22.6 Å². The maximum Gasteiger partial charge on any atom is 0.238 e. The zero-order valence-electron chi connectivity index (χ0n) is 22.1. The Hall–Kier alpha value is -4.49. The van der Waals surface area contributed by atoms with Gasteiger partial charge in [-0.25, -0.2) is 0 Å². The molecule has 1 N–H and O–H groups in total. The van der Waals surface area contributed by atoms with Gasteiger partial charge in [0.2, 0.25) is 5.91 Å². The van der Waals surface area contributed by atoms with E-state index in [9.17, 15) is 14.4 Å². The molecule has 1 fully saturated rings. The number of ether oxygens (including phenoxy) is 1. The highest BCUT2D eigenvalue weighted by Gasteiger charge is 2.70. The van der Waals surface area contributed by atoms with Crippen LogP contribution >= 0.6 is 15.9 Å². The van der Waals surface area contributed by atoms with Crippen LogP contribution in [-0.2, 0) is 10.2 Å². The van der Waals surface area contributed by atoms with Crippen molar-refractivity contribution in [3.63, 3.8) is 0 Å². The monoisotopic (exact) mass is 604 g/mol. The fourth-order valence-electron chi connectivity index (χ4n) is 6.86. The lowest BCUT2D eigenvalue weighted by Crippen LogP contribution is -2.51. The molecule has 3 heterocycles. The molecule has 4 atom stereocenters. The van der Waals surface area contributed by atoms with Crippen molar-refractivity contribution in [3.8, 4) is 5.75 Å². The number of carbonyl (C=O) groups excluding carboxylic acids is 3. The lowest BCUT2D eigenvalue weighted by Gasteiger charge is -2.37.